The molecule has 0 bridgehead atoms. The quantitative estimate of drug-likeness (QED) is 0.650. The second-order valence-electron chi connectivity index (χ2n) is 7.41. The highest BCUT2D eigenvalue weighted by Gasteiger charge is 2.23. The number of hydrogen-bond acceptors (Lipinski definition) is 5. The van der Waals surface area contributed by atoms with Gasteiger partial charge in [-0.1, -0.05) is 43.1 Å². The fraction of sp³-hybridized carbons (Fsp3) is 0.500. The molecule has 29 heavy (non-hydrogen) atoms. The zero-order valence-electron chi connectivity index (χ0n) is 16.7. The Bertz CT molecular complexity index is 855. The van der Waals surface area contributed by atoms with E-state index in [1.54, 1.807) is 35.9 Å². The average Bonchev–Trinajstić information content (AvgIpc) is 3.03. The molecule has 9 heteroatoms. The number of nitrogens with one attached hydrogen (secondary N) is 2. The van der Waals surface area contributed by atoms with E-state index in [-0.39, 0.29) is 30.0 Å². The van der Waals surface area contributed by atoms with Crippen molar-refractivity contribution in [3.8, 4) is 0 Å². The number of carbonyl (C=O) groups is 2. The number of anilines is 1. The molecule has 0 radical (unpaired) electrons. The first kappa shape index (κ1) is 21.6. The minimum Gasteiger partial charge on any atom is -0.352 e. The summed E-state index contributed by atoms with van der Waals surface area (Å²) >= 11 is 7.18. The third-order valence-electron chi connectivity index (χ3n) is 5.16. The SMILES string of the molecule is C[C@H]1CCCC[C@@H]1NC(=O)CSc1nnc(CC(=O)Nc2ccc(Cl)cc2)n1C. The maximum atomic E-state index is 12.3. The molecule has 1 aromatic carbocycles. The van der Waals surface area contributed by atoms with Crippen molar-refractivity contribution in [1.82, 2.24) is 20.1 Å². The molecular formula is C20H26ClN5O2S. The number of aromatic nitrogens is 3. The van der Waals surface area contributed by atoms with Gasteiger partial charge < -0.3 is 15.2 Å². The summed E-state index contributed by atoms with van der Waals surface area (Å²) in [6.07, 6.45) is 4.73. The molecule has 1 heterocycles. The molecule has 0 saturated heterocycles. The summed E-state index contributed by atoms with van der Waals surface area (Å²) in [5.74, 6) is 1.17. The summed E-state index contributed by atoms with van der Waals surface area (Å²) in [4.78, 5) is 24.5. The van der Waals surface area contributed by atoms with Crippen LogP contribution in [0.25, 0.3) is 0 Å². The van der Waals surface area contributed by atoms with Crippen molar-refractivity contribution in [2.45, 2.75) is 50.2 Å². The lowest BCUT2D eigenvalue weighted by Crippen LogP contribution is -2.41. The van der Waals surface area contributed by atoms with Crippen molar-refractivity contribution in [3.05, 3.63) is 35.1 Å². The van der Waals surface area contributed by atoms with Crippen LogP contribution in [-0.2, 0) is 23.1 Å². The number of thioether (sulfide) groups is 1. The highest BCUT2D eigenvalue weighted by Crippen LogP contribution is 2.24. The molecule has 1 aromatic heterocycles. The predicted molar refractivity (Wildman–Crippen MR) is 115 cm³/mol. The number of carbonyl (C=O) groups excluding carboxylic acids is 2. The van der Waals surface area contributed by atoms with Crippen molar-refractivity contribution in [2.24, 2.45) is 13.0 Å². The molecule has 2 amide bonds. The number of nitrogens with zero attached hydrogens (tertiary/aromatic N) is 3. The monoisotopic (exact) mass is 435 g/mol. The molecule has 3 rings (SSSR count). The van der Waals surface area contributed by atoms with E-state index in [0.717, 1.165) is 6.42 Å². The molecule has 0 aliphatic heterocycles. The van der Waals surface area contributed by atoms with Crippen LogP contribution in [0.3, 0.4) is 0 Å². The maximum absolute atomic E-state index is 12.3. The van der Waals surface area contributed by atoms with E-state index in [4.69, 9.17) is 11.6 Å². The Kier molecular flexibility index (Phi) is 7.55. The van der Waals surface area contributed by atoms with E-state index in [9.17, 15) is 9.59 Å². The summed E-state index contributed by atoms with van der Waals surface area (Å²) in [5.41, 5.74) is 0.671. The van der Waals surface area contributed by atoms with Crippen molar-refractivity contribution in [1.29, 1.82) is 0 Å². The Morgan fingerprint density at radius 3 is 2.62 bits per heavy atom. The third-order valence-corrected chi connectivity index (χ3v) is 6.43. The van der Waals surface area contributed by atoms with Crippen LogP contribution in [0.1, 0.15) is 38.4 Å². The number of hydrogen-bond donors (Lipinski definition) is 2. The van der Waals surface area contributed by atoms with Crippen LogP contribution in [-0.4, -0.2) is 38.4 Å². The van der Waals surface area contributed by atoms with Crippen LogP contribution in [0.2, 0.25) is 5.02 Å². The van der Waals surface area contributed by atoms with Gasteiger partial charge in [-0.15, -0.1) is 10.2 Å². The van der Waals surface area contributed by atoms with Gasteiger partial charge >= 0.3 is 0 Å². The number of halogens is 1. The van der Waals surface area contributed by atoms with E-state index < -0.39 is 0 Å². The number of benzene rings is 1. The Hall–Kier alpha value is -2.06. The first-order valence-electron chi connectivity index (χ1n) is 9.78. The lowest BCUT2D eigenvalue weighted by molar-refractivity contribution is -0.120. The number of rotatable bonds is 7. The summed E-state index contributed by atoms with van der Waals surface area (Å²) in [5, 5.41) is 15.4. The molecule has 0 spiro atoms. The summed E-state index contributed by atoms with van der Waals surface area (Å²) in [7, 11) is 1.80. The summed E-state index contributed by atoms with van der Waals surface area (Å²) < 4.78 is 1.75. The van der Waals surface area contributed by atoms with E-state index in [0.29, 0.717) is 27.6 Å². The molecule has 0 unspecified atom stereocenters. The van der Waals surface area contributed by atoms with Gasteiger partial charge in [0.15, 0.2) is 5.16 Å². The van der Waals surface area contributed by atoms with Crippen LogP contribution in [0, 0.1) is 5.92 Å². The van der Waals surface area contributed by atoms with Gasteiger partial charge in [0.05, 0.1) is 12.2 Å². The predicted octanol–water partition coefficient (Wildman–Crippen LogP) is 3.44. The molecule has 156 valence electrons. The van der Waals surface area contributed by atoms with E-state index >= 15 is 0 Å². The van der Waals surface area contributed by atoms with Crippen LogP contribution in [0.15, 0.2) is 29.4 Å². The van der Waals surface area contributed by atoms with Crippen molar-refractivity contribution in [3.63, 3.8) is 0 Å². The third kappa shape index (κ3) is 6.21. The molecule has 2 N–H and O–H groups in total. The summed E-state index contributed by atoms with van der Waals surface area (Å²) in [6.45, 7) is 2.20. The van der Waals surface area contributed by atoms with Gasteiger partial charge in [0.1, 0.15) is 5.82 Å². The Morgan fingerprint density at radius 1 is 1.17 bits per heavy atom. The highest BCUT2D eigenvalue weighted by atomic mass is 35.5. The van der Waals surface area contributed by atoms with Crippen LogP contribution < -0.4 is 10.6 Å². The number of amides is 2. The highest BCUT2D eigenvalue weighted by molar-refractivity contribution is 7.99. The normalized spacial score (nSPS) is 19.0. The fourth-order valence-corrected chi connectivity index (χ4v) is 4.28. The zero-order chi connectivity index (χ0) is 20.8. The molecule has 1 fully saturated rings. The lowest BCUT2D eigenvalue weighted by atomic mass is 9.86. The smallest absolute Gasteiger partial charge is 0.232 e. The Balaban J connectivity index is 1.49. The van der Waals surface area contributed by atoms with E-state index in [2.05, 4.69) is 27.8 Å². The van der Waals surface area contributed by atoms with Crippen molar-refractivity contribution < 1.29 is 9.59 Å². The van der Waals surface area contributed by atoms with Gasteiger partial charge in [0, 0.05) is 23.8 Å². The zero-order valence-corrected chi connectivity index (χ0v) is 18.2. The molecule has 2 aromatic rings. The van der Waals surface area contributed by atoms with Crippen LogP contribution in [0.4, 0.5) is 5.69 Å². The topological polar surface area (TPSA) is 88.9 Å². The Morgan fingerprint density at radius 2 is 1.90 bits per heavy atom. The minimum absolute atomic E-state index is 0.0128. The summed E-state index contributed by atoms with van der Waals surface area (Å²) in [6, 6.07) is 7.18. The van der Waals surface area contributed by atoms with Crippen molar-refractivity contribution >= 4 is 40.9 Å². The first-order chi connectivity index (χ1) is 13.9. The molecule has 7 nitrogen and oxygen atoms in total. The molecule has 2 atom stereocenters. The van der Waals surface area contributed by atoms with Gasteiger partial charge in [0.25, 0.3) is 0 Å². The van der Waals surface area contributed by atoms with Crippen LogP contribution in [0.5, 0.6) is 0 Å². The molecule has 1 aliphatic rings. The van der Waals surface area contributed by atoms with Gasteiger partial charge in [0.2, 0.25) is 11.8 Å². The van der Waals surface area contributed by atoms with Gasteiger partial charge in [-0.05, 0) is 43.0 Å². The first-order valence-corrected chi connectivity index (χ1v) is 11.1. The maximum Gasteiger partial charge on any atom is 0.232 e. The lowest BCUT2D eigenvalue weighted by Gasteiger charge is -2.29. The average molecular weight is 436 g/mol. The standard InChI is InChI=1S/C20H26ClN5O2S/c1-13-5-3-4-6-16(13)23-19(28)12-29-20-25-24-17(26(20)2)11-18(27)22-15-9-7-14(21)8-10-15/h7-10,13,16H,3-6,11-12H2,1-2H3,(H,22,27)(H,23,28)/t13-,16-/m0/s1. The second-order valence-corrected chi connectivity index (χ2v) is 8.79. The second kappa shape index (κ2) is 10.1. The van der Waals surface area contributed by atoms with Gasteiger partial charge in [-0.2, -0.15) is 0 Å². The minimum atomic E-state index is -0.191. The van der Waals surface area contributed by atoms with Gasteiger partial charge in [-0.25, -0.2) is 0 Å². The van der Waals surface area contributed by atoms with Crippen LogP contribution >= 0.6 is 23.4 Å². The van der Waals surface area contributed by atoms with Gasteiger partial charge in [-0.3, -0.25) is 9.59 Å². The van der Waals surface area contributed by atoms with E-state index in [1.807, 2.05) is 0 Å². The van der Waals surface area contributed by atoms with Crippen molar-refractivity contribution in [2.75, 3.05) is 11.1 Å². The molecule has 1 saturated carbocycles. The fourth-order valence-electron chi connectivity index (χ4n) is 3.42. The molecule has 1 aliphatic carbocycles. The van der Waals surface area contributed by atoms with E-state index in [1.165, 1.54) is 31.0 Å². The largest absolute Gasteiger partial charge is 0.352 e. The molecular weight excluding hydrogens is 410 g/mol. The Labute approximate surface area is 180 Å².